The molecule has 24 heavy (non-hydrogen) atoms. The Morgan fingerprint density at radius 3 is 2.29 bits per heavy atom. The van der Waals surface area contributed by atoms with E-state index >= 15 is 0 Å². The van der Waals surface area contributed by atoms with Crippen molar-refractivity contribution in [2.45, 2.75) is 90.7 Å². The van der Waals surface area contributed by atoms with Crippen LogP contribution in [0.5, 0.6) is 0 Å². The van der Waals surface area contributed by atoms with E-state index in [1.54, 1.807) is 0 Å². The van der Waals surface area contributed by atoms with Crippen LogP contribution in [0.1, 0.15) is 78.6 Å². The van der Waals surface area contributed by atoms with Gasteiger partial charge >= 0.3 is 6.03 Å². The largest absolute Gasteiger partial charge is 0.377 e. The van der Waals surface area contributed by atoms with E-state index in [1.165, 1.54) is 32.1 Å². The number of carbonyl (C=O) groups excluding carboxylic acids is 1. The maximum atomic E-state index is 12.6. The Morgan fingerprint density at radius 1 is 1.04 bits per heavy atom. The van der Waals surface area contributed by atoms with E-state index in [1.807, 2.05) is 11.9 Å². The van der Waals surface area contributed by atoms with Crippen molar-refractivity contribution >= 4 is 6.03 Å². The number of amides is 2. The Bertz CT molecular complexity index is 384. The molecule has 0 radical (unpaired) electrons. The number of nitrogens with zero attached hydrogens (tertiary/aromatic N) is 1. The molecule has 2 aliphatic rings. The van der Waals surface area contributed by atoms with Crippen molar-refractivity contribution in [2.24, 2.45) is 11.3 Å². The van der Waals surface area contributed by atoms with Crippen molar-refractivity contribution in [3.05, 3.63) is 0 Å². The third-order valence-corrected chi connectivity index (χ3v) is 5.76. The molecule has 1 heterocycles. The van der Waals surface area contributed by atoms with Gasteiger partial charge in [0, 0.05) is 32.2 Å². The van der Waals surface area contributed by atoms with E-state index < -0.39 is 0 Å². The average molecular weight is 339 g/mol. The molecule has 140 valence electrons. The maximum Gasteiger partial charge on any atom is 0.317 e. The van der Waals surface area contributed by atoms with Gasteiger partial charge < -0.3 is 15.0 Å². The van der Waals surface area contributed by atoms with Gasteiger partial charge in [-0.15, -0.1) is 0 Å². The first-order valence-electron chi connectivity index (χ1n) is 10.0. The highest BCUT2D eigenvalue weighted by molar-refractivity contribution is 5.74. The molecule has 2 atom stereocenters. The van der Waals surface area contributed by atoms with E-state index in [-0.39, 0.29) is 17.6 Å². The topological polar surface area (TPSA) is 41.6 Å². The number of urea groups is 1. The van der Waals surface area contributed by atoms with E-state index in [0.29, 0.717) is 12.0 Å². The number of nitrogens with one attached hydrogen (secondary N) is 1. The van der Waals surface area contributed by atoms with Crippen molar-refractivity contribution in [1.29, 1.82) is 0 Å². The summed E-state index contributed by atoms with van der Waals surface area (Å²) in [4.78, 5) is 14.6. The number of rotatable bonds is 3. The van der Waals surface area contributed by atoms with Crippen LogP contribution in [0, 0.1) is 11.3 Å². The Labute approximate surface area is 148 Å². The average Bonchev–Trinajstić information content (AvgIpc) is 2.51. The van der Waals surface area contributed by atoms with Crippen LogP contribution in [-0.4, -0.2) is 43.3 Å². The van der Waals surface area contributed by atoms with Gasteiger partial charge in [-0.25, -0.2) is 4.79 Å². The number of hydrogen-bond acceptors (Lipinski definition) is 2. The fourth-order valence-corrected chi connectivity index (χ4v) is 4.34. The van der Waals surface area contributed by atoms with Gasteiger partial charge in [0.15, 0.2) is 0 Å². The molecule has 0 unspecified atom stereocenters. The van der Waals surface area contributed by atoms with Gasteiger partial charge in [0.1, 0.15) is 0 Å². The van der Waals surface area contributed by atoms with Gasteiger partial charge in [0.05, 0.1) is 6.10 Å². The van der Waals surface area contributed by atoms with E-state index in [4.69, 9.17) is 4.74 Å². The van der Waals surface area contributed by atoms with Crippen molar-refractivity contribution in [1.82, 2.24) is 10.2 Å². The normalized spacial score (nSPS) is 27.2. The minimum Gasteiger partial charge on any atom is -0.377 e. The Morgan fingerprint density at radius 2 is 1.67 bits per heavy atom. The molecular formula is C20H38N2O2. The van der Waals surface area contributed by atoms with E-state index in [9.17, 15) is 4.79 Å². The second kappa shape index (κ2) is 9.07. The molecular weight excluding hydrogens is 300 g/mol. The fourth-order valence-electron chi connectivity index (χ4n) is 4.34. The van der Waals surface area contributed by atoms with Crippen LogP contribution in [0.4, 0.5) is 4.79 Å². The third-order valence-electron chi connectivity index (χ3n) is 5.76. The second-order valence-corrected chi connectivity index (χ2v) is 8.86. The summed E-state index contributed by atoms with van der Waals surface area (Å²) in [5.41, 5.74) is 0.126. The van der Waals surface area contributed by atoms with Gasteiger partial charge in [-0.3, -0.25) is 0 Å². The highest BCUT2D eigenvalue weighted by Crippen LogP contribution is 2.33. The minimum atomic E-state index is 0.0961. The SMILES string of the molecule is CN(C(=O)NC[C@H]1CCCO[C@H]1C(C)(C)C)C1CCCCCCC1. The summed E-state index contributed by atoms with van der Waals surface area (Å²) in [6.07, 6.45) is 11.3. The monoisotopic (exact) mass is 338 g/mol. The first-order valence-corrected chi connectivity index (χ1v) is 10.0. The van der Waals surface area contributed by atoms with Crippen LogP contribution >= 0.6 is 0 Å². The quantitative estimate of drug-likeness (QED) is 0.818. The van der Waals surface area contributed by atoms with Crippen LogP contribution in [0.3, 0.4) is 0 Å². The van der Waals surface area contributed by atoms with E-state index in [2.05, 4.69) is 26.1 Å². The molecule has 2 amide bonds. The number of hydrogen-bond donors (Lipinski definition) is 1. The van der Waals surface area contributed by atoms with Crippen molar-refractivity contribution in [3.63, 3.8) is 0 Å². The molecule has 0 aromatic rings. The van der Waals surface area contributed by atoms with Crippen LogP contribution in [0.2, 0.25) is 0 Å². The molecule has 4 nitrogen and oxygen atoms in total. The summed E-state index contributed by atoms with van der Waals surface area (Å²) >= 11 is 0. The third kappa shape index (κ3) is 5.65. The number of ether oxygens (including phenoxy) is 1. The first-order chi connectivity index (χ1) is 11.4. The molecule has 0 aromatic carbocycles. The smallest absolute Gasteiger partial charge is 0.317 e. The Balaban J connectivity index is 1.84. The summed E-state index contributed by atoms with van der Waals surface area (Å²) in [6.45, 7) is 8.29. The molecule has 4 heteroatoms. The van der Waals surface area contributed by atoms with E-state index in [0.717, 1.165) is 38.8 Å². The zero-order valence-corrected chi connectivity index (χ0v) is 16.3. The standard InChI is InChI=1S/C20H38N2O2/c1-20(2,3)18-16(11-10-14-24-18)15-21-19(23)22(4)17-12-8-6-5-7-9-13-17/h16-18H,5-15H2,1-4H3,(H,21,23)/t16-,18-/m1/s1. The molecule has 0 spiro atoms. The molecule has 0 aromatic heterocycles. The molecule has 1 saturated carbocycles. The molecule has 0 bridgehead atoms. The minimum absolute atomic E-state index is 0.0961. The lowest BCUT2D eigenvalue weighted by Gasteiger charge is -2.40. The Hall–Kier alpha value is -0.770. The summed E-state index contributed by atoms with van der Waals surface area (Å²) < 4.78 is 6.03. The zero-order valence-electron chi connectivity index (χ0n) is 16.3. The lowest BCUT2D eigenvalue weighted by Crippen LogP contribution is -2.49. The van der Waals surface area contributed by atoms with Gasteiger partial charge in [0.2, 0.25) is 0 Å². The van der Waals surface area contributed by atoms with Crippen molar-refractivity contribution < 1.29 is 9.53 Å². The van der Waals surface area contributed by atoms with Crippen LogP contribution in [-0.2, 0) is 4.74 Å². The lowest BCUT2D eigenvalue weighted by molar-refractivity contribution is -0.0839. The predicted molar refractivity (Wildman–Crippen MR) is 99.2 cm³/mol. The fraction of sp³-hybridized carbons (Fsp3) is 0.950. The van der Waals surface area contributed by atoms with Gasteiger partial charge in [-0.2, -0.15) is 0 Å². The van der Waals surface area contributed by atoms with Crippen molar-refractivity contribution in [2.75, 3.05) is 20.2 Å². The summed E-state index contributed by atoms with van der Waals surface area (Å²) in [7, 11) is 1.97. The summed E-state index contributed by atoms with van der Waals surface area (Å²) in [5.74, 6) is 0.424. The molecule has 1 aliphatic carbocycles. The number of carbonyl (C=O) groups is 1. The van der Waals surface area contributed by atoms with Gasteiger partial charge in [-0.1, -0.05) is 52.9 Å². The highest BCUT2D eigenvalue weighted by atomic mass is 16.5. The molecule has 1 N–H and O–H groups in total. The van der Waals surface area contributed by atoms with Gasteiger partial charge in [0.25, 0.3) is 0 Å². The zero-order chi connectivity index (χ0) is 17.6. The van der Waals surface area contributed by atoms with Crippen LogP contribution < -0.4 is 5.32 Å². The maximum absolute atomic E-state index is 12.6. The van der Waals surface area contributed by atoms with Crippen LogP contribution in [0.15, 0.2) is 0 Å². The molecule has 2 fully saturated rings. The lowest BCUT2D eigenvalue weighted by atomic mass is 9.78. The highest BCUT2D eigenvalue weighted by Gasteiger charge is 2.35. The first kappa shape index (κ1) is 19.6. The van der Waals surface area contributed by atoms with Gasteiger partial charge in [-0.05, 0) is 31.1 Å². The van der Waals surface area contributed by atoms with Crippen molar-refractivity contribution in [3.8, 4) is 0 Å². The second-order valence-electron chi connectivity index (χ2n) is 8.86. The predicted octanol–water partition coefficient (Wildman–Crippen LogP) is 4.58. The summed E-state index contributed by atoms with van der Waals surface area (Å²) in [6, 6.07) is 0.505. The molecule has 1 aliphatic heterocycles. The molecule has 1 saturated heterocycles. The summed E-state index contributed by atoms with van der Waals surface area (Å²) in [5, 5.41) is 3.19. The van der Waals surface area contributed by atoms with Crippen LogP contribution in [0.25, 0.3) is 0 Å². The Kier molecular flexibility index (Phi) is 7.39. The molecule has 2 rings (SSSR count).